The van der Waals surface area contributed by atoms with E-state index in [2.05, 4.69) is 9.97 Å². The van der Waals surface area contributed by atoms with E-state index in [1.807, 2.05) is 0 Å². The fraction of sp³-hybridized carbons (Fsp3) is 0.158. The quantitative estimate of drug-likeness (QED) is 0.727. The number of nitrogen functional groups attached to an aromatic ring is 1. The fourth-order valence-corrected chi connectivity index (χ4v) is 3.87. The summed E-state index contributed by atoms with van der Waals surface area (Å²) in [7, 11) is -3.45. The molecule has 2 aromatic carbocycles. The summed E-state index contributed by atoms with van der Waals surface area (Å²) in [5.74, 6) is -0.228. The van der Waals surface area contributed by atoms with Crippen LogP contribution in [-0.4, -0.2) is 31.2 Å². The Bertz CT molecular complexity index is 1070. The fourth-order valence-electron chi connectivity index (χ4n) is 2.89. The van der Waals surface area contributed by atoms with Crippen LogP contribution in [0.2, 0.25) is 0 Å². The van der Waals surface area contributed by atoms with Crippen molar-refractivity contribution in [2.75, 3.05) is 22.8 Å². The number of hydrogen-bond donors (Lipinski definition) is 1. The number of hydrogen-bond acceptors (Lipinski definition) is 5. The van der Waals surface area contributed by atoms with Crippen LogP contribution in [0.1, 0.15) is 6.92 Å². The number of nitrogens with two attached hydrogens (primary N) is 1. The summed E-state index contributed by atoms with van der Waals surface area (Å²) < 4.78 is 40.2. The van der Waals surface area contributed by atoms with Crippen molar-refractivity contribution in [1.82, 2.24) is 9.97 Å². The normalized spacial score (nSPS) is 11.4. The predicted molar refractivity (Wildman–Crippen MR) is 105 cm³/mol. The van der Waals surface area contributed by atoms with Crippen LogP contribution in [-0.2, 0) is 10.0 Å². The van der Waals surface area contributed by atoms with Crippen molar-refractivity contribution in [2.24, 2.45) is 0 Å². The maximum atomic E-state index is 14.7. The van der Waals surface area contributed by atoms with E-state index in [1.165, 1.54) is 22.8 Å². The number of benzene rings is 2. The molecule has 0 aliphatic carbocycles. The van der Waals surface area contributed by atoms with Crippen molar-refractivity contribution in [3.8, 4) is 22.4 Å². The Morgan fingerprint density at radius 1 is 1.07 bits per heavy atom. The number of rotatable bonds is 5. The maximum Gasteiger partial charge on any atom is 0.232 e. The lowest BCUT2D eigenvalue weighted by Gasteiger charge is -2.23. The molecule has 0 spiro atoms. The molecular formula is C19H19FN4O2S. The van der Waals surface area contributed by atoms with Crippen LogP contribution in [0.25, 0.3) is 22.4 Å². The first-order valence-electron chi connectivity index (χ1n) is 8.26. The summed E-state index contributed by atoms with van der Waals surface area (Å²) in [6.07, 6.45) is 3.92. The first-order valence-corrected chi connectivity index (χ1v) is 10.1. The average Bonchev–Trinajstić information content (AvgIpc) is 2.62. The monoisotopic (exact) mass is 386 g/mol. The van der Waals surface area contributed by atoms with E-state index in [0.717, 1.165) is 6.26 Å². The SMILES string of the molecule is CCN(c1ccccc1-c1ccc(-c2cnc(N)cn2)c(F)c1)S(C)(=O)=O. The standard InChI is InChI=1S/C19H19FN4O2S/c1-3-24(27(2,25)26)18-7-5-4-6-14(18)13-8-9-15(16(20)10-13)17-11-23-19(21)12-22-17/h4-12H,3H2,1-2H3,(H2,21,23). The lowest BCUT2D eigenvalue weighted by Crippen LogP contribution is -2.29. The molecule has 3 aromatic rings. The minimum Gasteiger partial charge on any atom is -0.382 e. The van der Waals surface area contributed by atoms with E-state index >= 15 is 0 Å². The molecule has 0 atom stereocenters. The lowest BCUT2D eigenvalue weighted by atomic mass is 10.0. The van der Waals surface area contributed by atoms with E-state index in [9.17, 15) is 12.8 Å². The van der Waals surface area contributed by atoms with Crippen molar-refractivity contribution in [2.45, 2.75) is 6.92 Å². The van der Waals surface area contributed by atoms with Crippen LogP contribution in [0, 0.1) is 5.82 Å². The molecule has 0 bridgehead atoms. The molecule has 8 heteroatoms. The van der Waals surface area contributed by atoms with Crippen LogP contribution >= 0.6 is 0 Å². The highest BCUT2D eigenvalue weighted by Gasteiger charge is 2.19. The Kier molecular flexibility index (Phi) is 5.09. The third kappa shape index (κ3) is 3.90. The Hall–Kier alpha value is -3.00. The van der Waals surface area contributed by atoms with Crippen LogP contribution in [0.3, 0.4) is 0 Å². The van der Waals surface area contributed by atoms with Gasteiger partial charge in [0.1, 0.15) is 11.6 Å². The molecule has 2 N–H and O–H groups in total. The highest BCUT2D eigenvalue weighted by molar-refractivity contribution is 7.92. The Morgan fingerprint density at radius 3 is 2.41 bits per heavy atom. The van der Waals surface area contributed by atoms with Gasteiger partial charge in [-0.2, -0.15) is 0 Å². The Labute approximate surface area is 157 Å². The van der Waals surface area contributed by atoms with Gasteiger partial charge in [-0.25, -0.2) is 17.8 Å². The van der Waals surface area contributed by atoms with E-state index in [-0.39, 0.29) is 12.4 Å². The molecular weight excluding hydrogens is 367 g/mol. The molecule has 3 rings (SSSR count). The summed E-state index contributed by atoms with van der Waals surface area (Å²) >= 11 is 0. The number of anilines is 2. The summed E-state index contributed by atoms with van der Waals surface area (Å²) in [5, 5.41) is 0. The van der Waals surface area contributed by atoms with E-state index in [1.54, 1.807) is 43.3 Å². The zero-order valence-electron chi connectivity index (χ0n) is 14.9. The molecule has 27 heavy (non-hydrogen) atoms. The van der Waals surface area contributed by atoms with Gasteiger partial charge in [-0.3, -0.25) is 9.29 Å². The molecule has 0 saturated carbocycles. The van der Waals surface area contributed by atoms with Crippen molar-refractivity contribution in [3.05, 3.63) is 60.7 Å². The molecule has 0 unspecified atom stereocenters. The zero-order chi connectivity index (χ0) is 19.6. The zero-order valence-corrected chi connectivity index (χ0v) is 15.7. The second kappa shape index (κ2) is 7.32. The summed E-state index contributed by atoms with van der Waals surface area (Å²) in [6.45, 7) is 2.03. The number of nitrogens with zero attached hydrogens (tertiary/aromatic N) is 3. The van der Waals surface area contributed by atoms with Gasteiger partial charge in [-0.15, -0.1) is 0 Å². The van der Waals surface area contributed by atoms with E-state index in [0.29, 0.717) is 28.1 Å². The number of aromatic nitrogens is 2. The van der Waals surface area contributed by atoms with Crippen LogP contribution in [0.15, 0.2) is 54.9 Å². The number of sulfonamides is 1. The smallest absolute Gasteiger partial charge is 0.232 e. The molecule has 0 saturated heterocycles. The van der Waals surface area contributed by atoms with E-state index in [4.69, 9.17) is 5.73 Å². The molecule has 140 valence electrons. The van der Waals surface area contributed by atoms with Gasteiger partial charge in [0.25, 0.3) is 0 Å². The number of para-hydroxylation sites is 1. The topological polar surface area (TPSA) is 89.2 Å². The van der Waals surface area contributed by atoms with Crippen molar-refractivity contribution >= 4 is 21.5 Å². The average molecular weight is 386 g/mol. The molecule has 0 aliphatic heterocycles. The van der Waals surface area contributed by atoms with Gasteiger partial charge in [0, 0.05) is 17.7 Å². The van der Waals surface area contributed by atoms with Gasteiger partial charge < -0.3 is 5.73 Å². The Balaban J connectivity index is 2.08. The maximum absolute atomic E-state index is 14.7. The second-order valence-corrected chi connectivity index (χ2v) is 7.87. The lowest BCUT2D eigenvalue weighted by molar-refractivity contribution is 0.598. The first-order chi connectivity index (χ1) is 12.8. The van der Waals surface area contributed by atoms with E-state index < -0.39 is 15.8 Å². The summed E-state index contributed by atoms with van der Waals surface area (Å²) in [5.41, 5.74) is 7.87. The highest BCUT2D eigenvalue weighted by atomic mass is 32.2. The molecule has 0 radical (unpaired) electrons. The minimum atomic E-state index is -3.45. The van der Waals surface area contributed by atoms with Gasteiger partial charge in [-0.05, 0) is 30.7 Å². The molecule has 1 aromatic heterocycles. The van der Waals surface area contributed by atoms with Crippen LogP contribution in [0.5, 0.6) is 0 Å². The Morgan fingerprint density at radius 2 is 1.81 bits per heavy atom. The van der Waals surface area contributed by atoms with Gasteiger partial charge in [0.15, 0.2) is 0 Å². The molecule has 0 fully saturated rings. The molecule has 6 nitrogen and oxygen atoms in total. The first kappa shape index (κ1) is 18.8. The van der Waals surface area contributed by atoms with Crippen molar-refractivity contribution < 1.29 is 12.8 Å². The van der Waals surface area contributed by atoms with Gasteiger partial charge in [0.05, 0.1) is 30.0 Å². The largest absolute Gasteiger partial charge is 0.382 e. The molecule has 0 aliphatic rings. The van der Waals surface area contributed by atoms with Crippen LogP contribution in [0.4, 0.5) is 15.9 Å². The highest BCUT2D eigenvalue weighted by Crippen LogP contribution is 2.34. The van der Waals surface area contributed by atoms with Gasteiger partial charge in [0.2, 0.25) is 10.0 Å². The van der Waals surface area contributed by atoms with Crippen LogP contribution < -0.4 is 10.0 Å². The van der Waals surface area contributed by atoms with Gasteiger partial charge >= 0.3 is 0 Å². The third-order valence-corrected chi connectivity index (χ3v) is 5.34. The third-order valence-electron chi connectivity index (χ3n) is 4.09. The second-order valence-electron chi connectivity index (χ2n) is 5.97. The van der Waals surface area contributed by atoms with Crippen molar-refractivity contribution in [1.29, 1.82) is 0 Å². The molecule has 0 amide bonds. The van der Waals surface area contributed by atoms with Gasteiger partial charge in [-0.1, -0.05) is 24.3 Å². The molecule has 1 heterocycles. The minimum absolute atomic E-state index is 0.255. The summed E-state index contributed by atoms with van der Waals surface area (Å²) in [4.78, 5) is 8.02. The van der Waals surface area contributed by atoms with Crippen molar-refractivity contribution in [3.63, 3.8) is 0 Å². The summed E-state index contributed by atoms with van der Waals surface area (Å²) in [6, 6.07) is 11.7. The number of halogens is 1. The predicted octanol–water partition coefficient (Wildman–Crippen LogP) is 3.32.